The number of hydrogen-bond acceptors (Lipinski definition) is 2. The molecular formula is C9H6ClFO3. The van der Waals surface area contributed by atoms with Gasteiger partial charge in [0.15, 0.2) is 0 Å². The van der Waals surface area contributed by atoms with Crippen LogP contribution in [0.15, 0.2) is 12.1 Å². The van der Waals surface area contributed by atoms with Crippen molar-refractivity contribution in [3.8, 4) is 0 Å². The Labute approximate surface area is 84.1 Å². The first kappa shape index (κ1) is 10.7. The zero-order valence-electron chi connectivity index (χ0n) is 7.17. The van der Waals surface area contributed by atoms with Gasteiger partial charge in [-0.3, -0.25) is 4.79 Å². The van der Waals surface area contributed by atoms with Gasteiger partial charge in [-0.05, 0) is 18.6 Å². The maximum Gasteiger partial charge on any atom is 0.377 e. The fraction of sp³-hybridized carbons (Fsp3) is 0.111. The van der Waals surface area contributed by atoms with Gasteiger partial charge < -0.3 is 5.11 Å². The van der Waals surface area contributed by atoms with Gasteiger partial charge >= 0.3 is 5.97 Å². The number of halogens is 2. The maximum absolute atomic E-state index is 12.9. The number of rotatable bonds is 2. The van der Waals surface area contributed by atoms with Gasteiger partial charge in [-0.25, -0.2) is 9.18 Å². The van der Waals surface area contributed by atoms with E-state index in [1.165, 1.54) is 13.0 Å². The monoisotopic (exact) mass is 216 g/mol. The molecule has 1 N–H and O–H groups in total. The van der Waals surface area contributed by atoms with Gasteiger partial charge in [-0.1, -0.05) is 17.7 Å². The van der Waals surface area contributed by atoms with E-state index in [-0.39, 0.29) is 5.56 Å². The Morgan fingerprint density at radius 2 is 2.00 bits per heavy atom. The molecule has 0 saturated carbocycles. The van der Waals surface area contributed by atoms with Gasteiger partial charge in [-0.15, -0.1) is 0 Å². The van der Waals surface area contributed by atoms with E-state index in [2.05, 4.69) is 0 Å². The number of carbonyl (C=O) groups is 2. The zero-order valence-corrected chi connectivity index (χ0v) is 7.93. The molecule has 0 spiro atoms. The van der Waals surface area contributed by atoms with E-state index in [0.717, 1.165) is 6.07 Å². The molecule has 14 heavy (non-hydrogen) atoms. The highest BCUT2D eigenvalue weighted by molar-refractivity contribution is 6.45. The minimum atomic E-state index is -1.65. The van der Waals surface area contributed by atoms with Crippen LogP contribution in [0.5, 0.6) is 0 Å². The molecule has 5 heteroatoms. The van der Waals surface area contributed by atoms with E-state index in [1.807, 2.05) is 0 Å². The summed E-state index contributed by atoms with van der Waals surface area (Å²) in [5.41, 5.74) is 0.0444. The zero-order chi connectivity index (χ0) is 10.9. The molecule has 3 nitrogen and oxygen atoms in total. The van der Waals surface area contributed by atoms with Crippen LogP contribution in [-0.2, 0) is 4.79 Å². The number of carboxylic acid groups (broad SMARTS) is 1. The largest absolute Gasteiger partial charge is 0.475 e. The van der Waals surface area contributed by atoms with Crippen LogP contribution >= 0.6 is 11.6 Å². The Kier molecular flexibility index (Phi) is 2.86. The maximum atomic E-state index is 12.9. The number of carboxylic acids is 1. The van der Waals surface area contributed by atoms with E-state index in [4.69, 9.17) is 16.7 Å². The molecule has 1 rings (SSSR count). The van der Waals surface area contributed by atoms with Gasteiger partial charge in [0, 0.05) is 0 Å². The first-order chi connectivity index (χ1) is 6.45. The highest BCUT2D eigenvalue weighted by Crippen LogP contribution is 2.23. The summed E-state index contributed by atoms with van der Waals surface area (Å²) in [4.78, 5) is 21.5. The lowest BCUT2D eigenvalue weighted by molar-refractivity contribution is -0.131. The van der Waals surface area contributed by atoms with Crippen molar-refractivity contribution < 1.29 is 19.1 Å². The lowest BCUT2D eigenvalue weighted by Crippen LogP contribution is -2.15. The predicted molar refractivity (Wildman–Crippen MR) is 48.1 cm³/mol. The summed E-state index contributed by atoms with van der Waals surface area (Å²) < 4.78 is 12.9. The van der Waals surface area contributed by atoms with Crippen molar-refractivity contribution in [1.29, 1.82) is 0 Å². The number of carbonyl (C=O) groups excluding carboxylic acids is 1. The molecule has 0 atom stereocenters. The molecule has 0 aromatic heterocycles. The fourth-order valence-corrected chi connectivity index (χ4v) is 1.33. The van der Waals surface area contributed by atoms with E-state index in [0.29, 0.717) is 5.56 Å². The van der Waals surface area contributed by atoms with E-state index in [9.17, 15) is 14.0 Å². The summed E-state index contributed by atoms with van der Waals surface area (Å²) in [6, 6.07) is 2.38. The fourth-order valence-electron chi connectivity index (χ4n) is 1.03. The van der Waals surface area contributed by atoms with Gasteiger partial charge in [0.1, 0.15) is 5.82 Å². The summed E-state index contributed by atoms with van der Waals surface area (Å²) in [6.45, 7) is 1.49. The van der Waals surface area contributed by atoms with Crippen molar-refractivity contribution >= 4 is 23.4 Å². The van der Waals surface area contributed by atoms with Gasteiger partial charge in [0.05, 0.1) is 10.6 Å². The normalized spacial score (nSPS) is 9.93. The second-order valence-corrected chi connectivity index (χ2v) is 3.07. The van der Waals surface area contributed by atoms with Crippen LogP contribution < -0.4 is 0 Å². The minimum Gasteiger partial charge on any atom is -0.475 e. The number of benzene rings is 1. The van der Waals surface area contributed by atoms with E-state index >= 15 is 0 Å². The molecular weight excluding hydrogens is 211 g/mol. The average Bonchev–Trinajstić information content (AvgIpc) is 2.12. The molecule has 0 unspecified atom stereocenters. The summed E-state index contributed by atoms with van der Waals surface area (Å²) >= 11 is 5.48. The van der Waals surface area contributed by atoms with Crippen molar-refractivity contribution in [2.75, 3.05) is 0 Å². The third-order valence-corrected chi connectivity index (χ3v) is 2.09. The Hall–Kier alpha value is -1.42. The number of Topliss-reactive ketones (excluding diaryl/α,β-unsaturated/α-hetero) is 1. The van der Waals surface area contributed by atoms with Crippen molar-refractivity contribution in [3.63, 3.8) is 0 Å². The average molecular weight is 217 g/mol. The number of ketones is 1. The SMILES string of the molecule is Cc1ccc(F)c(Cl)c1C(=O)C(=O)O. The van der Waals surface area contributed by atoms with Crippen molar-refractivity contribution in [1.82, 2.24) is 0 Å². The molecule has 1 aromatic rings. The molecule has 1 aromatic carbocycles. The molecule has 0 aliphatic rings. The van der Waals surface area contributed by atoms with Crippen LogP contribution in [-0.4, -0.2) is 16.9 Å². The Bertz CT molecular complexity index is 415. The summed E-state index contributed by atoms with van der Waals surface area (Å²) in [5, 5.41) is 8.00. The molecule has 0 fully saturated rings. The lowest BCUT2D eigenvalue weighted by Gasteiger charge is -2.04. The van der Waals surface area contributed by atoms with Gasteiger partial charge in [-0.2, -0.15) is 0 Å². The summed E-state index contributed by atoms with van der Waals surface area (Å²) in [7, 11) is 0. The van der Waals surface area contributed by atoms with Crippen LogP contribution in [0.2, 0.25) is 5.02 Å². The van der Waals surface area contributed by atoms with Crippen LogP contribution in [0.3, 0.4) is 0 Å². The predicted octanol–water partition coefficient (Wildman–Crippen LogP) is 2.05. The molecule has 0 amide bonds. The minimum absolute atomic E-state index is 0.292. The van der Waals surface area contributed by atoms with Crippen LogP contribution in [0.1, 0.15) is 15.9 Å². The third kappa shape index (κ3) is 1.75. The van der Waals surface area contributed by atoms with Gasteiger partial charge in [0.2, 0.25) is 0 Å². The number of aryl methyl sites for hydroxylation is 1. The second-order valence-electron chi connectivity index (χ2n) is 2.69. The molecule has 0 saturated heterocycles. The lowest BCUT2D eigenvalue weighted by atomic mass is 10.0. The topological polar surface area (TPSA) is 54.4 Å². The second kappa shape index (κ2) is 3.75. The quantitative estimate of drug-likeness (QED) is 0.608. The highest BCUT2D eigenvalue weighted by Gasteiger charge is 2.22. The molecule has 0 aliphatic carbocycles. The van der Waals surface area contributed by atoms with Gasteiger partial charge in [0.25, 0.3) is 5.78 Å². The summed E-state index contributed by atoms with van der Waals surface area (Å²) in [6.07, 6.45) is 0. The molecule has 0 radical (unpaired) electrons. The highest BCUT2D eigenvalue weighted by atomic mass is 35.5. The first-order valence-electron chi connectivity index (χ1n) is 3.67. The Morgan fingerprint density at radius 1 is 1.43 bits per heavy atom. The number of hydrogen-bond donors (Lipinski definition) is 1. The number of aliphatic carboxylic acids is 1. The third-order valence-electron chi connectivity index (χ3n) is 1.72. The van der Waals surface area contributed by atoms with Crippen LogP contribution in [0, 0.1) is 12.7 Å². The Morgan fingerprint density at radius 3 is 2.50 bits per heavy atom. The van der Waals surface area contributed by atoms with Crippen LogP contribution in [0.25, 0.3) is 0 Å². The Balaban J connectivity index is 3.40. The standard InChI is InChI=1S/C9H6ClFO3/c1-4-2-3-5(11)7(10)6(4)8(12)9(13)14/h2-3H,1H3,(H,13,14). The molecule has 74 valence electrons. The van der Waals surface area contributed by atoms with Crippen LogP contribution in [0.4, 0.5) is 4.39 Å². The summed E-state index contributed by atoms with van der Waals surface area (Å²) in [5.74, 6) is -3.66. The van der Waals surface area contributed by atoms with Crippen molar-refractivity contribution in [3.05, 3.63) is 34.1 Å². The van der Waals surface area contributed by atoms with Crippen molar-refractivity contribution in [2.45, 2.75) is 6.92 Å². The smallest absolute Gasteiger partial charge is 0.377 e. The molecule has 0 aliphatic heterocycles. The van der Waals surface area contributed by atoms with Crippen molar-refractivity contribution in [2.24, 2.45) is 0 Å². The first-order valence-corrected chi connectivity index (χ1v) is 4.05. The molecule has 0 bridgehead atoms. The molecule has 0 heterocycles. The van der Waals surface area contributed by atoms with E-state index in [1.54, 1.807) is 0 Å². The van der Waals surface area contributed by atoms with E-state index < -0.39 is 22.6 Å².